The van der Waals surface area contributed by atoms with Crippen molar-refractivity contribution >= 4 is 36.4 Å². The van der Waals surface area contributed by atoms with Crippen LogP contribution in [-0.2, 0) is 6.42 Å². The van der Waals surface area contributed by atoms with Gasteiger partial charge in [-0.05, 0) is 50.6 Å². The van der Waals surface area contributed by atoms with Gasteiger partial charge in [0.05, 0.1) is 0 Å². The van der Waals surface area contributed by atoms with Gasteiger partial charge in [0, 0.05) is 36.9 Å². The number of nitrogens with one attached hydrogen (secondary N) is 2. The Balaban J connectivity index is 0.00000220. The van der Waals surface area contributed by atoms with Gasteiger partial charge in [-0.25, -0.2) is 0 Å². The Kier molecular flexibility index (Phi) is 9.49. The third kappa shape index (κ3) is 5.34. The Morgan fingerprint density at radius 1 is 1.41 bits per heavy atom. The molecule has 1 heterocycles. The van der Waals surface area contributed by atoms with Crippen LogP contribution in [0.4, 0.5) is 5.69 Å². The van der Waals surface area contributed by atoms with Gasteiger partial charge in [-0.15, -0.1) is 24.8 Å². The molecule has 2 N–H and O–H groups in total. The molecule has 126 valence electrons. The predicted molar refractivity (Wildman–Crippen MR) is 97.8 cm³/mol. The Morgan fingerprint density at radius 2 is 2.14 bits per heavy atom. The van der Waals surface area contributed by atoms with Crippen molar-refractivity contribution in [3.63, 3.8) is 0 Å². The second-order valence-corrected chi connectivity index (χ2v) is 5.54. The minimum atomic E-state index is 0. The smallest absolute Gasteiger partial charge is 0.251 e. The van der Waals surface area contributed by atoms with Crippen molar-refractivity contribution in [3.8, 4) is 0 Å². The summed E-state index contributed by atoms with van der Waals surface area (Å²) in [5.41, 5.74) is 3.17. The molecule has 1 aromatic carbocycles. The van der Waals surface area contributed by atoms with Gasteiger partial charge >= 0.3 is 0 Å². The van der Waals surface area contributed by atoms with Crippen LogP contribution in [-0.4, -0.2) is 43.5 Å². The number of benzene rings is 1. The van der Waals surface area contributed by atoms with Crippen LogP contribution in [0, 0.1) is 0 Å². The molecular weight excluding hydrogens is 321 g/mol. The molecule has 0 radical (unpaired) electrons. The van der Waals surface area contributed by atoms with E-state index in [0.717, 1.165) is 37.2 Å². The molecule has 1 aliphatic rings. The van der Waals surface area contributed by atoms with Gasteiger partial charge < -0.3 is 15.5 Å². The Hall–Kier alpha value is -0.970. The Morgan fingerprint density at radius 3 is 2.82 bits per heavy atom. The largest absolute Gasteiger partial charge is 0.384 e. The maximum atomic E-state index is 12.1. The highest BCUT2D eigenvalue weighted by Gasteiger charge is 2.13. The molecule has 0 saturated heterocycles. The normalized spacial score (nSPS) is 13.5. The summed E-state index contributed by atoms with van der Waals surface area (Å²) < 4.78 is 0. The van der Waals surface area contributed by atoms with Crippen molar-refractivity contribution in [3.05, 3.63) is 29.3 Å². The van der Waals surface area contributed by atoms with Crippen molar-refractivity contribution in [1.82, 2.24) is 10.2 Å². The number of halogens is 2. The fourth-order valence-corrected chi connectivity index (χ4v) is 2.43. The van der Waals surface area contributed by atoms with E-state index >= 15 is 0 Å². The number of hydrogen-bond acceptors (Lipinski definition) is 3. The summed E-state index contributed by atoms with van der Waals surface area (Å²) in [6, 6.07) is 6.45. The van der Waals surface area contributed by atoms with E-state index in [1.54, 1.807) is 0 Å². The summed E-state index contributed by atoms with van der Waals surface area (Å²) in [5, 5.41) is 6.30. The minimum Gasteiger partial charge on any atom is -0.384 e. The molecule has 22 heavy (non-hydrogen) atoms. The lowest BCUT2D eigenvalue weighted by molar-refractivity contribution is 0.0947. The molecule has 1 unspecified atom stereocenters. The first-order valence-corrected chi connectivity index (χ1v) is 7.47. The van der Waals surface area contributed by atoms with E-state index in [-0.39, 0.29) is 30.7 Å². The predicted octanol–water partition coefficient (Wildman–Crippen LogP) is 2.96. The van der Waals surface area contributed by atoms with Crippen LogP contribution < -0.4 is 10.6 Å². The van der Waals surface area contributed by atoms with Crippen LogP contribution in [0.15, 0.2) is 18.2 Å². The van der Waals surface area contributed by atoms with Gasteiger partial charge in [-0.3, -0.25) is 4.79 Å². The molecule has 0 fully saturated rings. The molecule has 0 bridgehead atoms. The van der Waals surface area contributed by atoms with Gasteiger partial charge in [-0.1, -0.05) is 6.92 Å². The summed E-state index contributed by atoms with van der Waals surface area (Å²) in [4.78, 5) is 14.4. The summed E-state index contributed by atoms with van der Waals surface area (Å²) in [6.45, 7) is 6.93. The fraction of sp³-hybridized carbons (Fsp3) is 0.562. The van der Waals surface area contributed by atoms with Crippen LogP contribution in [0.1, 0.15) is 36.2 Å². The first kappa shape index (κ1) is 21.0. The second kappa shape index (κ2) is 9.93. The minimum absolute atomic E-state index is 0. The quantitative estimate of drug-likeness (QED) is 0.831. The van der Waals surface area contributed by atoms with Gasteiger partial charge in [0.25, 0.3) is 5.91 Å². The maximum Gasteiger partial charge on any atom is 0.251 e. The lowest BCUT2D eigenvalue weighted by Crippen LogP contribution is -2.37. The average molecular weight is 348 g/mol. The third-order valence-electron chi connectivity index (χ3n) is 4.17. The SMILES string of the molecule is CCC(C)N(C)CCNC(=O)c1ccc2c(c1)CCN2.Cl.Cl. The maximum absolute atomic E-state index is 12.1. The summed E-state index contributed by atoms with van der Waals surface area (Å²) in [6.07, 6.45) is 2.13. The van der Waals surface area contributed by atoms with Crippen molar-refractivity contribution in [2.75, 3.05) is 32.0 Å². The van der Waals surface area contributed by atoms with Gasteiger partial charge in [0.2, 0.25) is 0 Å². The van der Waals surface area contributed by atoms with E-state index in [9.17, 15) is 4.79 Å². The average Bonchev–Trinajstić information content (AvgIpc) is 2.93. The first-order chi connectivity index (χ1) is 9.61. The topological polar surface area (TPSA) is 44.4 Å². The number of fused-ring (bicyclic) bond motifs is 1. The highest BCUT2D eigenvalue weighted by molar-refractivity contribution is 5.95. The molecule has 6 heteroatoms. The molecule has 0 aromatic heterocycles. The zero-order valence-electron chi connectivity index (χ0n) is 13.5. The summed E-state index contributed by atoms with van der Waals surface area (Å²) >= 11 is 0. The van der Waals surface area contributed by atoms with Crippen LogP contribution in [0.5, 0.6) is 0 Å². The number of carbonyl (C=O) groups excluding carboxylic acids is 1. The van der Waals surface area contributed by atoms with Crippen LogP contribution >= 0.6 is 24.8 Å². The molecule has 4 nitrogen and oxygen atoms in total. The number of hydrogen-bond donors (Lipinski definition) is 2. The van der Waals surface area contributed by atoms with E-state index in [4.69, 9.17) is 0 Å². The van der Waals surface area contributed by atoms with Crippen molar-refractivity contribution in [2.45, 2.75) is 32.7 Å². The van der Waals surface area contributed by atoms with Gasteiger partial charge in [0.15, 0.2) is 0 Å². The standard InChI is InChI=1S/C16H25N3O.2ClH/c1-4-12(2)19(3)10-9-18-16(20)14-5-6-15-13(11-14)7-8-17-15;;/h5-6,11-12,17H,4,7-10H2,1-3H3,(H,18,20);2*1H. The molecule has 2 rings (SSSR count). The Labute approximate surface area is 145 Å². The van der Waals surface area contributed by atoms with Crippen LogP contribution in [0.2, 0.25) is 0 Å². The number of anilines is 1. The van der Waals surface area contributed by atoms with Gasteiger partial charge in [0.1, 0.15) is 0 Å². The highest BCUT2D eigenvalue weighted by Crippen LogP contribution is 2.22. The monoisotopic (exact) mass is 347 g/mol. The summed E-state index contributed by atoms with van der Waals surface area (Å²) in [5.74, 6) is 0.0252. The lowest BCUT2D eigenvalue weighted by Gasteiger charge is -2.23. The van der Waals surface area contributed by atoms with Crippen molar-refractivity contribution in [1.29, 1.82) is 0 Å². The second-order valence-electron chi connectivity index (χ2n) is 5.54. The number of amides is 1. The number of carbonyl (C=O) groups is 1. The zero-order chi connectivity index (χ0) is 14.5. The molecule has 0 aliphatic carbocycles. The van der Waals surface area contributed by atoms with Crippen LogP contribution in [0.3, 0.4) is 0 Å². The van der Waals surface area contributed by atoms with E-state index in [1.807, 2.05) is 18.2 Å². The third-order valence-corrected chi connectivity index (χ3v) is 4.17. The van der Waals surface area contributed by atoms with E-state index in [1.165, 1.54) is 5.56 Å². The molecule has 0 spiro atoms. The van der Waals surface area contributed by atoms with Crippen molar-refractivity contribution < 1.29 is 4.79 Å². The number of rotatable bonds is 6. The molecule has 0 saturated carbocycles. The van der Waals surface area contributed by atoms with Crippen molar-refractivity contribution in [2.24, 2.45) is 0 Å². The molecule has 1 amide bonds. The van der Waals surface area contributed by atoms with E-state index in [2.05, 4.69) is 36.4 Å². The fourth-order valence-electron chi connectivity index (χ4n) is 2.43. The Bertz CT molecular complexity index is 482. The zero-order valence-corrected chi connectivity index (χ0v) is 15.1. The number of nitrogens with zero attached hydrogens (tertiary/aromatic N) is 1. The van der Waals surface area contributed by atoms with Gasteiger partial charge in [-0.2, -0.15) is 0 Å². The summed E-state index contributed by atoms with van der Waals surface area (Å²) in [7, 11) is 2.10. The highest BCUT2D eigenvalue weighted by atomic mass is 35.5. The molecule has 1 atom stereocenters. The lowest BCUT2D eigenvalue weighted by atomic mass is 10.1. The number of likely N-dealkylation sites (N-methyl/N-ethyl adjacent to an activating group) is 1. The van der Waals surface area contributed by atoms with Crippen LogP contribution in [0.25, 0.3) is 0 Å². The van der Waals surface area contributed by atoms with E-state index < -0.39 is 0 Å². The van der Waals surface area contributed by atoms with E-state index in [0.29, 0.717) is 12.6 Å². The molecule has 1 aliphatic heterocycles. The molecule has 1 aromatic rings. The molecular formula is C16H27Cl2N3O. The first-order valence-electron chi connectivity index (χ1n) is 7.47.